The molecule has 0 saturated carbocycles. The Labute approximate surface area is 197 Å². The van der Waals surface area contributed by atoms with E-state index >= 15 is 0 Å². The molecule has 1 fully saturated rings. The Morgan fingerprint density at radius 3 is 2.76 bits per heavy atom. The number of hydrogen-bond donors (Lipinski definition) is 2. The number of nitrogens with one attached hydrogen (secondary N) is 2. The van der Waals surface area contributed by atoms with Gasteiger partial charge < -0.3 is 24.8 Å². The van der Waals surface area contributed by atoms with Crippen LogP contribution in [0.3, 0.4) is 0 Å². The van der Waals surface area contributed by atoms with Gasteiger partial charge in [0.05, 0.1) is 12.7 Å². The van der Waals surface area contributed by atoms with Crippen molar-refractivity contribution in [2.75, 3.05) is 26.9 Å². The lowest BCUT2D eigenvalue weighted by atomic mass is 9.87. The van der Waals surface area contributed by atoms with Crippen LogP contribution in [-0.2, 0) is 28.9 Å². The van der Waals surface area contributed by atoms with Crippen molar-refractivity contribution < 1.29 is 19.0 Å². The maximum atomic E-state index is 12.8. The van der Waals surface area contributed by atoms with Gasteiger partial charge in [0.25, 0.3) is 5.91 Å². The third-order valence-electron chi connectivity index (χ3n) is 6.48. The van der Waals surface area contributed by atoms with Crippen molar-refractivity contribution in [3.05, 3.63) is 64.7 Å². The zero-order chi connectivity index (χ0) is 23.0. The number of hydrogen-bond acceptors (Lipinski definition) is 5. The van der Waals surface area contributed by atoms with Crippen molar-refractivity contribution >= 4 is 5.91 Å². The molecule has 2 aromatic rings. The van der Waals surface area contributed by atoms with E-state index in [1.54, 1.807) is 7.11 Å². The average molecular weight is 453 g/mol. The fraction of sp³-hybridized carbons (Fsp3) is 0.519. The number of methoxy groups -OCH3 is 1. The van der Waals surface area contributed by atoms with Crippen molar-refractivity contribution in [3.8, 4) is 5.75 Å². The molecule has 0 spiro atoms. The first-order chi connectivity index (χ1) is 16.1. The van der Waals surface area contributed by atoms with E-state index in [1.165, 1.54) is 16.7 Å². The van der Waals surface area contributed by atoms with Crippen LogP contribution in [0.2, 0.25) is 0 Å². The van der Waals surface area contributed by atoms with Crippen LogP contribution in [0.4, 0.5) is 0 Å². The van der Waals surface area contributed by atoms with Crippen LogP contribution in [-0.4, -0.2) is 51.0 Å². The molecule has 0 radical (unpaired) electrons. The van der Waals surface area contributed by atoms with Gasteiger partial charge in [-0.3, -0.25) is 4.79 Å². The Morgan fingerprint density at radius 2 is 2.00 bits per heavy atom. The topological polar surface area (TPSA) is 68.8 Å². The van der Waals surface area contributed by atoms with Crippen LogP contribution in [0.25, 0.3) is 0 Å². The highest BCUT2D eigenvalue weighted by Crippen LogP contribution is 2.23. The van der Waals surface area contributed by atoms with E-state index in [-0.39, 0.29) is 18.1 Å². The highest BCUT2D eigenvalue weighted by atomic mass is 16.5. The second-order valence-corrected chi connectivity index (χ2v) is 9.22. The summed E-state index contributed by atoms with van der Waals surface area (Å²) in [6.45, 7) is 5.06. The highest BCUT2D eigenvalue weighted by Gasteiger charge is 2.21. The fourth-order valence-corrected chi connectivity index (χ4v) is 4.58. The summed E-state index contributed by atoms with van der Waals surface area (Å²) in [6, 6.07) is 14.6. The van der Waals surface area contributed by atoms with Crippen LogP contribution >= 0.6 is 0 Å². The molecule has 2 N–H and O–H groups in total. The summed E-state index contributed by atoms with van der Waals surface area (Å²) in [5, 5.41) is 6.70. The predicted molar refractivity (Wildman–Crippen MR) is 129 cm³/mol. The van der Waals surface area contributed by atoms with Gasteiger partial charge in [0.2, 0.25) is 0 Å². The molecule has 4 rings (SSSR count). The van der Waals surface area contributed by atoms with Gasteiger partial charge in [-0.15, -0.1) is 0 Å². The Bertz CT molecular complexity index is 909. The molecule has 1 aliphatic heterocycles. The first kappa shape index (κ1) is 23.7. The summed E-state index contributed by atoms with van der Waals surface area (Å²) in [5.74, 6) is 0.748. The van der Waals surface area contributed by atoms with Crippen LogP contribution in [0.5, 0.6) is 5.75 Å². The fourth-order valence-electron chi connectivity index (χ4n) is 4.58. The van der Waals surface area contributed by atoms with Gasteiger partial charge >= 0.3 is 0 Å². The maximum absolute atomic E-state index is 12.8. The molecular formula is C27H36N2O4. The molecule has 1 heterocycles. The largest absolute Gasteiger partial charge is 0.491 e. The zero-order valence-electron chi connectivity index (χ0n) is 19.8. The van der Waals surface area contributed by atoms with Crippen molar-refractivity contribution in [3.63, 3.8) is 0 Å². The minimum atomic E-state index is -0.0259. The number of rotatable bonds is 10. The van der Waals surface area contributed by atoms with E-state index in [1.807, 2.05) is 24.3 Å². The lowest BCUT2D eigenvalue weighted by Crippen LogP contribution is -2.38. The monoisotopic (exact) mass is 452 g/mol. The third kappa shape index (κ3) is 6.79. The Balaban J connectivity index is 1.26. The number of aryl methyl sites for hydroxylation is 1. The molecule has 2 aliphatic rings. The van der Waals surface area contributed by atoms with Gasteiger partial charge in [0, 0.05) is 37.9 Å². The smallest absolute Gasteiger partial charge is 0.251 e. The molecule has 178 valence electrons. The Hall–Kier alpha value is -2.41. The van der Waals surface area contributed by atoms with Gasteiger partial charge in [0.15, 0.2) is 0 Å². The van der Waals surface area contributed by atoms with Gasteiger partial charge in [-0.05, 0) is 80.0 Å². The summed E-state index contributed by atoms with van der Waals surface area (Å²) in [7, 11) is 1.73. The van der Waals surface area contributed by atoms with E-state index in [4.69, 9.17) is 14.2 Å². The number of benzene rings is 2. The number of ether oxygens (including phenoxy) is 3. The van der Waals surface area contributed by atoms with E-state index in [9.17, 15) is 4.79 Å². The standard InChI is InChI=1S/C27H36N2O4/c1-19(17-31-2)28-16-20-5-6-23-15-24(10-7-22(23)14-20)29-27(30)21-8-11-25(12-9-21)33-18-26-4-3-13-32-26/h5-6,8-9,11-12,14,19,24,26,28H,3-4,7,10,13,15-18H2,1-2H3,(H,29,30)/t19?,24-,26-/m0/s1. The number of carbonyl (C=O) groups excluding carboxylic acids is 1. The minimum absolute atomic E-state index is 0.0259. The average Bonchev–Trinajstić information content (AvgIpc) is 3.35. The van der Waals surface area contributed by atoms with E-state index in [0.29, 0.717) is 24.8 Å². The van der Waals surface area contributed by atoms with Crippen molar-refractivity contribution in [1.82, 2.24) is 10.6 Å². The van der Waals surface area contributed by atoms with Crippen molar-refractivity contribution in [2.24, 2.45) is 0 Å². The maximum Gasteiger partial charge on any atom is 0.251 e. The van der Waals surface area contributed by atoms with Crippen LogP contribution in [0.15, 0.2) is 42.5 Å². The predicted octanol–water partition coefficient (Wildman–Crippen LogP) is 3.66. The number of amides is 1. The summed E-state index contributed by atoms with van der Waals surface area (Å²) < 4.78 is 16.6. The number of carbonyl (C=O) groups is 1. The minimum Gasteiger partial charge on any atom is -0.491 e. The quantitative estimate of drug-likeness (QED) is 0.576. The molecule has 0 bridgehead atoms. The van der Waals surface area contributed by atoms with Crippen molar-refractivity contribution in [2.45, 2.75) is 63.8 Å². The molecule has 6 heteroatoms. The van der Waals surface area contributed by atoms with Crippen LogP contribution in [0.1, 0.15) is 53.2 Å². The van der Waals surface area contributed by atoms with E-state index < -0.39 is 0 Å². The summed E-state index contributed by atoms with van der Waals surface area (Å²) in [4.78, 5) is 12.8. The van der Waals surface area contributed by atoms with Crippen LogP contribution in [0, 0.1) is 0 Å². The molecule has 3 atom stereocenters. The normalized spacial score (nSPS) is 20.8. The lowest BCUT2D eigenvalue weighted by molar-refractivity contribution is 0.0679. The Kier molecular flexibility index (Phi) is 8.37. The second-order valence-electron chi connectivity index (χ2n) is 9.22. The van der Waals surface area contributed by atoms with Gasteiger partial charge in [-0.25, -0.2) is 0 Å². The molecule has 2 aromatic carbocycles. The molecule has 1 saturated heterocycles. The summed E-state index contributed by atoms with van der Waals surface area (Å²) in [6.07, 6.45) is 5.16. The van der Waals surface area contributed by atoms with E-state index in [2.05, 4.69) is 35.8 Å². The molecule has 1 unspecified atom stereocenters. The highest BCUT2D eigenvalue weighted by molar-refractivity contribution is 5.94. The molecule has 0 aromatic heterocycles. The third-order valence-corrected chi connectivity index (χ3v) is 6.48. The molecular weight excluding hydrogens is 416 g/mol. The van der Waals surface area contributed by atoms with Crippen molar-refractivity contribution in [1.29, 1.82) is 0 Å². The molecule has 1 aliphatic carbocycles. The molecule has 1 amide bonds. The first-order valence-electron chi connectivity index (χ1n) is 12.1. The molecule has 33 heavy (non-hydrogen) atoms. The van der Waals surface area contributed by atoms with Crippen LogP contribution < -0.4 is 15.4 Å². The summed E-state index contributed by atoms with van der Waals surface area (Å²) >= 11 is 0. The van der Waals surface area contributed by atoms with Gasteiger partial charge in [-0.1, -0.05) is 18.2 Å². The first-order valence-corrected chi connectivity index (χ1v) is 12.1. The summed E-state index contributed by atoms with van der Waals surface area (Å²) in [5.41, 5.74) is 4.68. The Morgan fingerprint density at radius 1 is 1.15 bits per heavy atom. The zero-order valence-corrected chi connectivity index (χ0v) is 19.8. The van der Waals surface area contributed by atoms with E-state index in [0.717, 1.165) is 51.0 Å². The molecule has 6 nitrogen and oxygen atoms in total. The van der Waals surface area contributed by atoms with Gasteiger partial charge in [0.1, 0.15) is 12.4 Å². The number of fused-ring (bicyclic) bond motifs is 1. The SMILES string of the molecule is COCC(C)NCc1ccc2c(c1)CC[C@H](NC(=O)c1ccc(OC[C@@H]3CCCO3)cc1)C2. The lowest BCUT2D eigenvalue weighted by Gasteiger charge is -2.26. The van der Waals surface area contributed by atoms with Gasteiger partial charge in [-0.2, -0.15) is 0 Å². The second kappa shape index (κ2) is 11.6.